The Labute approximate surface area is 350 Å². The third kappa shape index (κ3) is 10.8. The highest BCUT2D eigenvalue weighted by molar-refractivity contribution is 7.94. The molecular weight excluding hydrogens is 815 g/mol. The van der Waals surface area contributed by atoms with E-state index in [2.05, 4.69) is 41.0 Å². The van der Waals surface area contributed by atoms with Crippen LogP contribution in [0, 0.1) is 0 Å². The molecule has 6 rings (SSSR count). The molecule has 19 nitrogen and oxygen atoms in total. The van der Waals surface area contributed by atoms with Crippen molar-refractivity contribution in [3.8, 4) is 17.2 Å². The van der Waals surface area contributed by atoms with Crippen molar-refractivity contribution in [2.24, 2.45) is 30.7 Å². The Balaban J connectivity index is 1.32. The molecule has 0 saturated carbocycles. The quantitative estimate of drug-likeness (QED) is 0.0173. The van der Waals surface area contributed by atoms with Gasteiger partial charge in [0.2, 0.25) is 0 Å². The number of para-hydroxylation sites is 1. The van der Waals surface area contributed by atoms with E-state index in [1.807, 2.05) is 36.4 Å². The highest BCUT2D eigenvalue weighted by Gasteiger charge is 2.18. The van der Waals surface area contributed by atoms with Crippen LogP contribution < -0.4 is 14.8 Å². The number of phenols is 1. The van der Waals surface area contributed by atoms with Crippen molar-refractivity contribution in [3.63, 3.8) is 0 Å². The molecule has 0 aliphatic carbocycles. The number of aliphatic hydroxyl groups excluding tert-OH is 2. The number of hydrogen-bond acceptors (Lipinski definition) is 18. The molecule has 61 heavy (non-hydrogen) atoms. The summed E-state index contributed by atoms with van der Waals surface area (Å²) >= 11 is 0.573. The van der Waals surface area contributed by atoms with Crippen LogP contribution in [0.1, 0.15) is 26.3 Å². The molecule has 312 valence electrons. The van der Waals surface area contributed by atoms with Gasteiger partial charge in [0.1, 0.15) is 40.9 Å². The Kier molecular flexibility index (Phi) is 14.6. The SMILES string of the molecule is COc1cc(N=Nc2c(SOOO)cc3cc(Nc4ccccc4)ccc3c2O)c(OCCO)cc1N=Nc1ccc(N=Nc2cc(C(=O)O)ccc2C(=O)O)cc1CCO. The number of ether oxygens (including phenoxy) is 2. The number of carboxylic acids is 2. The van der Waals surface area contributed by atoms with Crippen LogP contribution in [0.3, 0.4) is 0 Å². The van der Waals surface area contributed by atoms with E-state index in [9.17, 15) is 35.1 Å². The first kappa shape index (κ1) is 43.3. The number of azo groups is 3. The van der Waals surface area contributed by atoms with Crippen LogP contribution in [0.15, 0.2) is 139 Å². The van der Waals surface area contributed by atoms with E-state index in [0.29, 0.717) is 34.1 Å². The van der Waals surface area contributed by atoms with E-state index in [-0.39, 0.29) is 87.9 Å². The summed E-state index contributed by atoms with van der Waals surface area (Å²) in [5.74, 6) is -2.56. The number of phenolic OH excluding ortho intramolecular Hbond substituents is 1. The first-order chi connectivity index (χ1) is 29.6. The van der Waals surface area contributed by atoms with E-state index in [4.69, 9.17) is 19.1 Å². The number of carboxylic acid groups (broad SMARTS) is 2. The molecule has 7 N–H and O–H groups in total. The van der Waals surface area contributed by atoms with Crippen molar-refractivity contribution < 1.29 is 59.2 Å². The van der Waals surface area contributed by atoms with Crippen molar-refractivity contribution in [2.75, 3.05) is 32.2 Å². The van der Waals surface area contributed by atoms with Crippen LogP contribution in [0.25, 0.3) is 10.8 Å². The number of nitrogens with one attached hydrogen (secondary N) is 1. The lowest BCUT2D eigenvalue weighted by Gasteiger charge is -2.13. The Bertz CT molecular complexity index is 2650. The number of carbonyl (C=O) groups is 2. The highest BCUT2D eigenvalue weighted by atomic mass is 32.2. The lowest BCUT2D eigenvalue weighted by Crippen LogP contribution is -2.01. The topological polar surface area (TPSA) is 279 Å². The zero-order chi connectivity index (χ0) is 43.3. The second-order valence-corrected chi connectivity index (χ2v) is 13.3. The van der Waals surface area contributed by atoms with Gasteiger partial charge in [0, 0.05) is 35.5 Å². The monoisotopic (exact) mass is 849 g/mol. The fourth-order valence-electron chi connectivity index (χ4n) is 5.76. The molecule has 6 aromatic carbocycles. The smallest absolute Gasteiger partial charge is 0.337 e. The maximum absolute atomic E-state index is 11.7. The second-order valence-electron chi connectivity index (χ2n) is 12.5. The molecule has 0 aromatic heterocycles. The van der Waals surface area contributed by atoms with E-state index >= 15 is 0 Å². The molecule has 0 aliphatic rings. The van der Waals surface area contributed by atoms with Crippen molar-refractivity contribution in [1.82, 2.24) is 0 Å². The molecule has 0 fully saturated rings. The molecule has 20 heteroatoms. The number of rotatable bonds is 19. The van der Waals surface area contributed by atoms with E-state index in [0.717, 1.165) is 29.6 Å². The lowest BCUT2D eigenvalue weighted by atomic mass is 10.1. The van der Waals surface area contributed by atoms with Gasteiger partial charge in [-0.1, -0.05) is 23.2 Å². The predicted molar refractivity (Wildman–Crippen MR) is 222 cm³/mol. The summed E-state index contributed by atoms with van der Waals surface area (Å²) in [5.41, 5.74) is 2.32. The number of aromatic hydroxyl groups is 1. The van der Waals surface area contributed by atoms with E-state index in [1.54, 1.807) is 30.3 Å². The maximum atomic E-state index is 11.7. The molecule has 0 spiro atoms. The Morgan fingerprint density at radius 3 is 2.16 bits per heavy atom. The average molecular weight is 850 g/mol. The van der Waals surface area contributed by atoms with E-state index < -0.39 is 11.9 Å². The molecule has 0 radical (unpaired) electrons. The summed E-state index contributed by atoms with van der Waals surface area (Å²) in [4.78, 5) is 23.4. The zero-order valence-corrected chi connectivity index (χ0v) is 32.7. The van der Waals surface area contributed by atoms with Crippen LogP contribution in [0.5, 0.6) is 17.2 Å². The second kappa shape index (κ2) is 20.6. The first-order valence-corrected chi connectivity index (χ1v) is 18.7. The molecular formula is C41H35N7O12S. The Hall–Kier alpha value is -7.33. The van der Waals surface area contributed by atoms with Gasteiger partial charge < -0.3 is 40.3 Å². The fourth-order valence-corrected chi connectivity index (χ4v) is 6.26. The van der Waals surface area contributed by atoms with Gasteiger partial charge in [0.25, 0.3) is 0 Å². The first-order valence-electron chi connectivity index (χ1n) is 17.9. The Morgan fingerprint density at radius 2 is 1.44 bits per heavy atom. The van der Waals surface area contributed by atoms with Crippen LogP contribution in [-0.4, -0.2) is 69.7 Å². The molecule has 0 unspecified atom stereocenters. The highest BCUT2D eigenvalue weighted by Crippen LogP contribution is 2.47. The van der Waals surface area contributed by atoms with Crippen LogP contribution in [-0.2, 0) is 15.8 Å². The maximum Gasteiger partial charge on any atom is 0.337 e. The summed E-state index contributed by atoms with van der Waals surface area (Å²) in [7, 11) is 1.39. The fraction of sp³-hybridized carbons (Fsp3) is 0.122. The summed E-state index contributed by atoms with van der Waals surface area (Å²) < 4.78 is 16.1. The molecule has 0 aliphatic heterocycles. The number of hydrogen-bond donors (Lipinski definition) is 7. The standard InChI is InChI=1S/C41H35N7O12S/c1-57-35-21-34(47-48-38-37(61-60-59-56)20-25-18-27(8-11-29(25)39(38)51)42-26-5-3-2-4-6-26)36(58-16-15-50)22-33(35)46-44-31-12-9-28(17-23(31)13-14-49)43-45-32-19-24(40(52)53)7-10-30(32)41(54)55/h2-12,17-22,42,49-51,56H,13-16H2,1H3,(H,52,53)(H,54,55). The van der Waals surface area contributed by atoms with Gasteiger partial charge in [0.15, 0.2) is 5.75 Å². The van der Waals surface area contributed by atoms with Gasteiger partial charge in [-0.15, -0.1) is 24.8 Å². The van der Waals surface area contributed by atoms with Crippen LogP contribution >= 0.6 is 12.0 Å². The van der Waals surface area contributed by atoms with Crippen LogP contribution in [0.2, 0.25) is 0 Å². The third-order valence-electron chi connectivity index (χ3n) is 8.59. The van der Waals surface area contributed by atoms with Gasteiger partial charge in [-0.25, -0.2) is 14.8 Å². The van der Waals surface area contributed by atoms with Crippen molar-refractivity contribution in [1.29, 1.82) is 0 Å². The third-order valence-corrected chi connectivity index (χ3v) is 9.21. The minimum atomic E-state index is -1.32. The lowest BCUT2D eigenvalue weighted by molar-refractivity contribution is -0.432. The summed E-state index contributed by atoms with van der Waals surface area (Å²) in [5, 5.41) is 92.1. The average Bonchev–Trinajstić information content (AvgIpc) is 3.26. The summed E-state index contributed by atoms with van der Waals surface area (Å²) in [6, 6.07) is 27.4. The molecule has 6 aromatic rings. The minimum absolute atomic E-state index is 0.0374. The largest absolute Gasteiger partial charge is 0.505 e. The number of anilines is 2. The normalized spacial score (nSPS) is 11.5. The van der Waals surface area contributed by atoms with Gasteiger partial charge in [0.05, 0.1) is 53.2 Å². The number of methoxy groups -OCH3 is 1. The number of aliphatic hydroxyl groups is 2. The minimum Gasteiger partial charge on any atom is -0.505 e. The molecule has 0 amide bonds. The molecule has 0 heterocycles. The zero-order valence-electron chi connectivity index (χ0n) is 31.9. The van der Waals surface area contributed by atoms with Crippen molar-refractivity contribution in [3.05, 3.63) is 120 Å². The number of aromatic carboxylic acids is 2. The predicted octanol–water partition coefficient (Wildman–Crippen LogP) is 10.3. The Morgan fingerprint density at radius 1 is 0.705 bits per heavy atom. The van der Waals surface area contributed by atoms with Gasteiger partial charge in [-0.2, -0.15) is 10.2 Å². The van der Waals surface area contributed by atoms with Crippen molar-refractivity contribution >= 4 is 80.3 Å². The van der Waals surface area contributed by atoms with Gasteiger partial charge >= 0.3 is 11.9 Å². The van der Waals surface area contributed by atoms with Crippen molar-refractivity contribution in [2.45, 2.75) is 11.3 Å². The number of nitrogens with zero attached hydrogens (tertiary/aromatic N) is 6. The molecule has 0 saturated heterocycles. The molecule has 0 atom stereocenters. The van der Waals surface area contributed by atoms with Gasteiger partial charge in [-0.3, -0.25) is 0 Å². The summed E-state index contributed by atoms with van der Waals surface area (Å²) in [6.07, 6.45) is 0.122. The summed E-state index contributed by atoms with van der Waals surface area (Å²) in [6.45, 7) is -0.754. The van der Waals surface area contributed by atoms with Gasteiger partial charge in [-0.05, 0) is 90.2 Å². The number of benzene rings is 6. The van der Waals surface area contributed by atoms with E-state index in [1.165, 1.54) is 25.3 Å². The molecule has 0 bridgehead atoms. The van der Waals surface area contributed by atoms with Crippen LogP contribution in [0.4, 0.5) is 45.5 Å². The number of fused-ring (bicyclic) bond motifs is 1.